The molecule has 2 fully saturated rings. The van der Waals surface area contributed by atoms with E-state index in [1.807, 2.05) is 0 Å². The van der Waals surface area contributed by atoms with E-state index in [2.05, 4.69) is 30.8 Å². The Balaban J connectivity index is 1.41. The molecule has 0 bridgehead atoms. The minimum Gasteiger partial charge on any atom is -0.348 e. The molecule has 1 heterocycles. The molecule has 1 aromatic heterocycles. The molecule has 0 aliphatic heterocycles. The van der Waals surface area contributed by atoms with Crippen molar-refractivity contribution in [3.63, 3.8) is 0 Å². The van der Waals surface area contributed by atoms with Gasteiger partial charge in [0.05, 0.1) is 13.1 Å². The maximum atomic E-state index is 11.9. The molecule has 0 atom stereocenters. The lowest BCUT2D eigenvalue weighted by Gasteiger charge is -2.21. The van der Waals surface area contributed by atoms with E-state index in [-0.39, 0.29) is 5.91 Å². The lowest BCUT2D eigenvalue weighted by molar-refractivity contribution is -0.122. The molecule has 7 nitrogen and oxygen atoms in total. The number of carbonyl (C=O) groups excluding carboxylic acids is 1. The summed E-state index contributed by atoms with van der Waals surface area (Å²) in [7, 11) is 0. The molecule has 3 rings (SSSR count). The minimum atomic E-state index is 0.0473. The van der Waals surface area contributed by atoms with Crippen LogP contribution in [0.15, 0.2) is 0 Å². The highest BCUT2D eigenvalue weighted by atomic mass is 16.2. The Morgan fingerprint density at radius 3 is 2.47 bits per heavy atom. The number of nitrogens with one attached hydrogen (secondary N) is 2. The molecule has 0 spiro atoms. The first-order valence-corrected chi connectivity index (χ1v) is 7.01. The second kappa shape index (κ2) is 5.64. The number of aromatic amines is 1. The van der Waals surface area contributed by atoms with Gasteiger partial charge in [-0.1, -0.05) is 5.21 Å². The molecule has 19 heavy (non-hydrogen) atoms. The summed E-state index contributed by atoms with van der Waals surface area (Å²) in [5.74, 6) is 2.21. The van der Waals surface area contributed by atoms with Crippen molar-refractivity contribution in [1.82, 2.24) is 30.8 Å². The van der Waals surface area contributed by atoms with Crippen LogP contribution in [-0.2, 0) is 11.3 Å². The standard InChI is InChI=1S/C12H20N6O/c19-12(13-5-11-14-16-17-15-11)8-18(6-9-1-2-9)7-10-3-4-10/h9-10H,1-8H2,(H,13,19)(H,14,15,16,17). The number of amides is 1. The van der Waals surface area contributed by atoms with Crippen LogP contribution in [-0.4, -0.2) is 51.1 Å². The molecular formula is C12H20N6O. The van der Waals surface area contributed by atoms with Gasteiger partial charge in [-0.25, -0.2) is 0 Å². The quantitative estimate of drug-likeness (QED) is 0.687. The van der Waals surface area contributed by atoms with Crippen LogP contribution in [0.4, 0.5) is 0 Å². The summed E-state index contributed by atoms with van der Waals surface area (Å²) in [5, 5.41) is 16.3. The van der Waals surface area contributed by atoms with Crippen LogP contribution in [0.3, 0.4) is 0 Å². The van der Waals surface area contributed by atoms with Gasteiger partial charge in [-0.3, -0.25) is 9.69 Å². The average molecular weight is 264 g/mol. The Morgan fingerprint density at radius 2 is 1.95 bits per heavy atom. The number of tetrazole rings is 1. The van der Waals surface area contributed by atoms with E-state index in [9.17, 15) is 4.79 Å². The zero-order chi connectivity index (χ0) is 13.1. The molecule has 104 valence electrons. The Kier molecular flexibility index (Phi) is 3.72. The maximum Gasteiger partial charge on any atom is 0.234 e. The van der Waals surface area contributed by atoms with Gasteiger partial charge in [0, 0.05) is 13.1 Å². The molecule has 1 aromatic rings. The Morgan fingerprint density at radius 1 is 1.26 bits per heavy atom. The molecule has 1 amide bonds. The van der Waals surface area contributed by atoms with E-state index in [1.165, 1.54) is 25.7 Å². The zero-order valence-electron chi connectivity index (χ0n) is 11.0. The molecule has 0 radical (unpaired) electrons. The maximum absolute atomic E-state index is 11.9. The van der Waals surface area contributed by atoms with Crippen molar-refractivity contribution in [3.8, 4) is 0 Å². The molecular weight excluding hydrogens is 244 g/mol. The van der Waals surface area contributed by atoms with Gasteiger partial charge in [0.25, 0.3) is 0 Å². The fourth-order valence-electron chi connectivity index (χ4n) is 2.23. The van der Waals surface area contributed by atoms with E-state index in [1.54, 1.807) is 0 Å². The summed E-state index contributed by atoms with van der Waals surface area (Å²) in [6, 6.07) is 0. The predicted octanol–water partition coefficient (Wildman–Crippen LogP) is -0.0621. The van der Waals surface area contributed by atoms with Crippen molar-refractivity contribution >= 4 is 5.91 Å². The lowest BCUT2D eigenvalue weighted by atomic mass is 10.3. The number of hydrogen-bond acceptors (Lipinski definition) is 5. The monoisotopic (exact) mass is 264 g/mol. The van der Waals surface area contributed by atoms with Crippen LogP contribution < -0.4 is 5.32 Å². The first-order chi connectivity index (χ1) is 9.29. The highest BCUT2D eigenvalue weighted by Gasteiger charge is 2.29. The van der Waals surface area contributed by atoms with Crippen molar-refractivity contribution in [2.24, 2.45) is 11.8 Å². The number of aromatic nitrogens is 4. The normalized spacial score (nSPS) is 18.8. The second-order valence-corrected chi connectivity index (χ2v) is 5.69. The van der Waals surface area contributed by atoms with E-state index in [0.29, 0.717) is 18.9 Å². The van der Waals surface area contributed by atoms with Gasteiger partial charge in [0.2, 0.25) is 5.91 Å². The highest BCUT2D eigenvalue weighted by molar-refractivity contribution is 5.77. The van der Waals surface area contributed by atoms with E-state index < -0.39 is 0 Å². The van der Waals surface area contributed by atoms with Gasteiger partial charge < -0.3 is 5.32 Å². The SMILES string of the molecule is O=C(CN(CC1CC1)CC1CC1)NCc1nn[nH]n1. The van der Waals surface area contributed by atoms with Crippen molar-refractivity contribution in [1.29, 1.82) is 0 Å². The Hall–Kier alpha value is -1.50. The molecule has 2 saturated carbocycles. The molecule has 0 saturated heterocycles. The Labute approximate surface area is 112 Å². The lowest BCUT2D eigenvalue weighted by Crippen LogP contribution is -2.39. The topological polar surface area (TPSA) is 86.8 Å². The highest BCUT2D eigenvalue weighted by Crippen LogP contribution is 2.33. The summed E-state index contributed by atoms with van der Waals surface area (Å²) in [4.78, 5) is 14.2. The van der Waals surface area contributed by atoms with Crippen molar-refractivity contribution in [2.45, 2.75) is 32.2 Å². The first kappa shape index (κ1) is 12.5. The Bertz CT molecular complexity index is 398. The fourth-order valence-corrected chi connectivity index (χ4v) is 2.23. The van der Waals surface area contributed by atoms with Crippen LogP contribution in [0.25, 0.3) is 0 Å². The molecule has 2 aliphatic carbocycles. The number of carbonyl (C=O) groups is 1. The molecule has 0 aromatic carbocycles. The van der Waals surface area contributed by atoms with Gasteiger partial charge in [-0.2, -0.15) is 5.21 Å². The summed E-state index contributed by atoms with van der Waals surface area (Å²) >= 11 is 0. The summed E-state index contributed by atoms with van der Waals surface area (Å²) in [6.07, 6.45) is 5.30. The minimum absolute atomic E-state index is 0.0473. The summed E-state index contributed by atoms with van der Waals surface area (Å²) in [5.41, 5.74) is 0. The molecule has 2 aliphatic rings. The third-order valence-electron chi connectivity index (χ3n) is 3.63. The third-order valence-corrected chi connectivity index (χ3v) is 3.63. The van der Waals surface area contributed by atoms with E-state index in [4.69, 9.17) is 0 Å². The van der Waals surface area contributed by atoms with Crippen molar-refractivity contribution < 1.29 is 4.79 Å². The number of rotatable bonds is 8. The van der Waals surface area contributed by atoms with E-state index in [0.717, 1.165) is 24.9 Å². The number of H-pyrrole nitrogens is 1. The third kappa shape index (κ3) is 4.27. The average Bonchev–Trinajstić information content (AvgIpc) is 3.30. The van der Waals surface area contributed by atoms with Crippen LogP contribution in [0.1, 0.15) is 31.5 Å². The fraction of sp³-hybridized carbons (Fsp3) is 0.833. The van der Waals surface area contributed by atoms with Crippen LogP contribution >= 0.6 is 0 Å². The molecule has 0 unspecified atom stereocenters. The largest absolute Gasteiger partial charge is 0.348 e. The van der Waals surface area contributed by atoms with Crippen molar-refractivity contribution in [3.05, 3.63) is 5.82 Å². The second-order valence-electron chi connectivity index (χ2n) is 5.69. The zero-order valence-corrected chi connectivity index (χ0v) is 11.0. The van der Waals surface area contributed by atoms with Crippen LogP contribution in [0.2, 0.25) is 0 Å². The van der Waals surface area contributed by atoms with Crippen molar-refractivity contribution in [2.75, 3.05) is 19.6 Å². The predicted molar refractivity (Wildman–Crippen MR) is 67.9 cm³/mol. The first-order valence-electron chi connectivity index (χ1n) is 7.01. The number of hydrogen-bond donors (Lipinski definition) is 2. The van der Waals surface area contributed by atoms with E-state index >= 15 is 0 Å². The van der Waals surface area contributed by atoms with Crippen LogP contribution in [0.5, 0.6) is 0 Å². The van der Waals surface area contributed by atoms with Gasteiger partial charge in [0.15, 0.2) is 5.82 Å². The molecule has 7 heteroatoms. The van der Waals surface area contributed by atoms with Gasteiger partial charge in [-0.15, -0.1) is 10.2 Å². The summed E-state index contributed by atoms with van der Waals surface area (Å²) in [6.45, 7) is 2.99. The summed E-state index contributed by atoms with van der Waals surface area (Å²) < 4.78 is 0. The molecule has 2 N–H and O–H groups in total. The number of nitrogens with zero attached hydrogens (tertiary/aromatic N) is 4. The van der Waals surface area contributed by atoms with Crippen LogP contribution in [0, 0.1) is 11.8 Å². The van der Waals surface area contributed by atoms with Gasteiger partial charge in [-0.05, 0) is 37.5 Å². The smallest absolute Gasteiger partial charge is 0.234 e. The van der Waals surface area contributed by atoms with Gasteiger partial charge in [0.1, 0.15) is 0 Å². The van der Waals surface area contributed by atoms with Gasteiger partial charge >= 0.3 is 0 Å².